The van der Waals surface area contributed by atoms with Gasteiger partial charge in [0.1, 0.15) is 13.2 Å². The van der Waals surface area contributed by atoms with Crippen LogP contribution in [-0.2, 0) is 0 Å². The zero-order chi connectivity index (χ0) is 13.2. The molecule has 104 valence electrons. The van der Waals surface area contributed by atoms with E-state index in [4.69, 9.17) is 9.47 Å². The molecule has 0 spiro atoms. The van der Waals surface area contributed by atoms with Crippen molar-refractivity contribution >= 4 is 0 Å². The van der Waals surface area contributed by atoms with Crippen molar-refractivity contribution < 1.29 is 9.47 Å². The maximum absolute atomic E-state index is 5.71. The first kappa shape index (κ1) is 12.8. The van der Waals surface area contributed by atoms with Crippen LogP contribution in [0.15, 0.2) is 12.1 Å². The number of benzene rings is 1. The van der Waals surface area contributed by atoms with E-state index < -0.39 is 0 Å². The van der Waals surface area contributed by atoms with Crippen LogP contribution in [-0.4, -0.2) is 33.4 Å². The third-order valence-corrected chi connectivity index (χ3v) is 4.15. The van der Waals surface area contributed by atoms with E-state index in [2.05, 4.69) is 29.7 Å². The lowest BCUT2D eigenvalue weighted by Crippen LogP contribution is -2.28. The molecule has 1 aromatic rings. The fourth-order valence-corrected chi connectivity index (χ4v) is 3.15. The molecule has 1 saturated heterocycles. The fraction of sp³-hybridized carbons (Fsp3) is 0.600. The van der Waals surface area contributed by atoms with Crippen LogP contribution in [0, 0.1) is 12.8 Å². The van der Waals surface area contributed by atoms with Crippen LogP contribution >= 0.6 is 0 Å². The van der Waals surface area contributed by atoms with Gasteiger partial charge in [-0.1, -0.05) is 0 Å². The van der Waals surface area contributed by atoms with E-state index >= 15 is 0 Å². The molecule has 4 nitrogen and oxygen atoms in total. The highest BCUT2D eigenvalue weighted by Crippen LogP contribution is 2.37. The molecular weight excluding hydrogens is 240 g/mol. The summed E-state index contributed by atoms with van der Waals surface area (Å²) in [6, 6.07) is 4.64. The minimum absolute atomic E-state index is 0.380. The van der Waals surface area contributed by atoms with E-state index in [1.54, 1.807) is 0 Å². The van der Waals surface area contributed by atoms with Crippen molar-refractivity contribution in [1.29, 1.82) is 0 Å². The normalized spacial score (nSPS) is 23.4. The predicted molar refractivity (Wildman–Crippen MR) is 74.9 cm³/mol. The molecule has 2 unspecified atom stereocenters. The SMILES string of the molecule is CNC(c1cc2c(cc1C)OCCO2)C1CCNC1. The summed E-state index contributed by atoms with van der Waals surface area (Å²) in [5.41, 5.74) is 2.61. The molecule has 1 fully saturated rings. The van der Waals surface area contributed by atoms with Gasteiger partial charge in [0.25, 0.3) is 0 Å². The highest BCUT2D eigenvalue weighted by atomic mass is 16.6. The van der Waals surface area contributed by atoms with E-state index in [0.29, 0.717) is 25.2 Å². The van der Waals surface area contributed by atoms with Crippen LogP contribution in [0.5, 0.6) is 11.5 Å². The molecule has 3 rings (SSSR count). The van der Waals surface area contributed by atoms with Gasteiger partial charge < -0.3 is 20.1 Å². The van der Waals surface area contributed by atoms with Gasteiger partial charge in [-0.15, -0.1) is 0 Å². The van der Waals surface area contributed by atoms with E-state index in [9.17, 15) is 0 Å². The van der Waals surface area contributed by atoms with Crippen molar-refractivity contribution in [3.8, 4) is 11.5 Å². The van der Waals surface area contributed by atoms with Crippen LogP contribution in [0.3, 0.4) is 0 Å². The number of ether oxygens (including phenoxy) is 2. The van der Waals surface area contributed by atoms with Crippen LogP contribution in [0.25, 0.3) is 0 Å². The summed E-state index contributed by atoms with van der Waals surface area (Å²) >= 11 is 0. The molecule has 2 N–H and O–H groups in total. The van der Waals surface area contributed by atoms with Crippen LogP contribution < -0.4 is 20.1 Å². The molecule has 0 radical (unpaired) electrons. The van der Waals surface area contributed by atoms with E-state index in [0.717, 1.165) is 24.6 Å². The molecule has 0 aliphatic carbocycles. The average Bonchev–Trinajstić information content (AvgIpc) is 2.94. The summed E-state index contributed by atoms with van der Waals surface area (Å²) in [5.74, 6) is 2.41. The molecular formula is C15H22N2O2. The van der Waals surface area contributed by atoms with Gasteiger partial charge in [-0.25, -0.2) is 0 Å². The van der Waals surface area contributed by atoms with Gasteiger partial charge >= 0.3 is 0 Å². The standard InChI is InChI=1S/C15H22N2O2/c1-10-7-13-14(19-6-5-18-13)8-12(10)15(16-2)11-3-4-17-9-11/h7-8,11,15-17H,3-6,9H2,1-2H3. The van der Waals surface area contributed by atoms with Crippen molar-refractivity contribution in [2.75, 3.05) is 33.4 Å². The van der Waals surface area contributed by atoms with Gasteiger partial charge in [0, 0.05) is 6.04 Å². The van der Waals surface area contributed by atoms with Gasteiger partial charge in [0.2, 0.25) is 0 Å². The number of hydrogen-bond donors (Lipinski definition) is 2. The van der Waals surface area contributed by atoms with Crippen molar-refractivity contribution in [2.24, 2.45) is 5.92 Å². The average molecular weight is 262 g/mol. The fourth-order valence-electron chi connectivity index (χ4n) is 3.15. The monoisotopic (exact) mass is 262 g/mol. The Hall–Kier alpha value is -1.26. The first-order valence-electron chi connectivity index (χ1n) is 7.07. The second-order valence-electron chi connectivity index (χ2n) is 5.37. The molecule has 0 bridgehead atoms. The zero-order valence-electron chi connectivity index (χ0n) is 11.7. The Labute approximate surface area is 114 Å². The van der Waals surface area contributed by atoms with Crippen molar-refractivity contribution in [3.05, 3.63) is 23.3 Å². The molecule has 4 heteroatoms. The second-order valence-corrected chi connectivity index (χ2v) is 5.37. The summed E-state index contributed by atoms with van der Waals surface area (Å²) < 4.78 is 11.3. The Kier molecular flexibility index (Phi) is 3.62. The molecule has 2 heterocycles. The molecule has 19 heavy (non-hydrogen) atoms. The predicted octanol–water partition coefficient (Wildman–Crippen LogP) is 1.64. The van der Waals surface area contributed by atoms with Gasteiger partial charge in [0.15, 0.2) is 11.5 Å². The lowest BCUT2D eigenvalue weighted by Gasteiger charge is -2.27. The highest BCUT2D eigenvalue weighted by molar-refractivity contribution is 5.49. The first-order chi connectivity index (χ1) is 9.29. The molecule has 0 saturated carbocycles. The third kappa shape index (κ3) is 2.42. The third-order valence-electron chi connectivity index (χ3n) is 4.15. The van der Waals surface area contributed by atoms with Gasteiger partial charge in [0.05, 0.1) is 0 Å². The second kappa shape index (κ2) is 5.39. The number of hydrogen-bond acceptors (Lipinski definition) is 4. The minimum atomic E-state index is 0.380. The number of fused-ring (bicyclic) bond motifs is 1. The van der Waals surface area contributed by atoms with Gasteiger partial charge in [-0.05, 0) is 62.7 Å². The molecule has 1 aromatic carbocycles. The topological polar surface area (TPSA) is 42.5 Å². The first-order valence-corrected chi connectivity index (χ1v) is 7.07. The van der Waals surface area contributed by atoms with E-state index in [-0.39, 0.29) is 0 Å². The summed E-state index contributed by atoms with van der Waals surface area (Å²) in [4.78, 5) is 0. The molecule has 2 atom stereocenters. The van der Waals surface area contributed by atoms with E-state index in [1.807, 2.05) is 7.05 Å². The summed E-state index contributed by atoms with van der Waals surface area (Å²) in [6.07, 6.45) is 1.22. The van der Waals surface area contributed by atoms with Crippen LogP contribution in [0.4, 0.5) is 0 Å². The number of nitrogens with one attached hydrogen (secondary N) is 2. The highest BCUT2D eigenvalue weighted by Gasteiger charge is 2.27. The number of aryl methyl sites for hydroxylation is 1. The summed E-state index contributed by atoms with van der Waals surface area (Å²) in [6.45, 7) is 5.64. The summed E-state index contributed by atoms with van der Waals surface area (Å²) in [5, 5.41) is 6.91. The summed E-state index contributed by atoms with van der Waals surface area (Å²) in [7, 11) is 2.04. The van der Waals surface area contributed by atoms with Crippen molar-refractivity contribution in [3.63, 3.8) is 0 Å². The minimum Gasteiger partial charge on any atom is -0.486 e. The maximum Gasteiger partial charge on any atom is 0.161 e. The van der Waals surface area contributed by atoms with Crippen molar-refractivity contribution in [1.82, 2.24) is 10.6 Å². The van der Waals surface area contributed by atoms with Gasteiger partial charge in [-0.3, -0.25) is 0 Å². The Morgan fingerprint density at radius 2 is 2.00 bits per heavy atom. The van der Waals surface area contributed by atoms with E-state index in [1.165, 1.54) is 17.5 Å². The largest absolute Gasteiger partial charge is 0.486 e. The lowest BCUT2D eigenvalue weighted by molar-refractivity contribution is 0.171. The Morgan fingerprint density at radius 1 is 1.26 bits per heavy atom. The van der Waals surface area contributed by atoms with Crippen molar-refractivity contribution in [2.45, 2.75) is 19.4 Å². The Bertz CT molecular complexity index is 456. The lowest BCUT2D eigenvalue weighted by atomic mass is 9.89. The van der Waals surface area contributed by atoms with Gasteiger partial charge in [-0.2, -0.15) is 0 Å². The molecule has 2 aliphatic rings. The quantitative estimate of drug-likeness (QED) is 0.869. The molecule has 0 aromatic heterocycles. The number of rotatable bonds is 3. The molecule has 0 amide bonds. The Morgan fingerprint density at radius 3 is 2.63 bits per heavy atom. The maximum atomic E-state index is 5.71. The zero-order valence-corrected chi connectivity index (χ0v) is 11.7. The molecule has 2 aliphatic heterocycles. The van der Waals surface area contributed by atoms with Crippen LogP contribution in [0.2, 0.25) is 0 Å². The van der Waals surface area contributed by atoms with Crippen LogP contribution in [0.1, 0.15) is 23.6 Å². The Balaban J connectivity index is 1.93. The smallest absolute Gasteiger partial charge is 0.161 e.